The number of fused-ring (bicyclic) bond motifs is 1. The Bertz CT molecular complexity index is 1220. The molecule has 1 aliphatic carbocycles. The topological polar surface area (TPSA) is 80.1 Å². The zero-order valence-corrected chi connectivity index (χ0v) is 19.7. The highest BCUT2D eigenvalue weighted by atomic mass is 16.5. The number of benzene rings is 2. The van der Waals surface area contributed by atoms with Gasteiger partial charge < -0.3 is 19.0 Å². The van der Waals surface area contributed by atoms with Gasteiger partial charge in [-0.1, -0.05) is 42.0 Å². The Morgan fingerprint density at radius 1 is 1.06 bits per heavy atom. The lowest BCUT2D eigenvalue weighted by Crippen LogP contribution is -2.44. The molecule has 0 saturated heterocycles. The highest BCUT2D eigenvalue weighted by Gasteiger charge is 2.34. The molecule has 7 heteroatoms. The standard InChI is InChI=1S/C27H30N2O5/c1-19-8-11-24-23(14-19)26(31)22(18-34-24)16-29(15-20-6-4-3-5-7-20)25(30)17-28(12-13-33-2)27(32)21-9-10-21/h3-8,11,14,18,21H,9-10,12-13,15-17H2,1-2H3. The molecule has 1 aliphatic rings. The summed E-state index contributed by atoms with van der Waals surface area (Å²) in [6.45, 7) is 2.99. The number of rotatable bonds is 10. The van der Waals surface area contributed by atoms with E-state index in [0.717, 1.165) is 24.0 Å². The molecular weight excluding hydrogens is 432 g/mol. The Hall–Kier alpha value is -3.45. The summed E-state index contributed by atoms with van der Waals surface area (Å²) < 4.78 is 10.9. The summed E-state index contributed by atoms with van der Waals surface area (Å²) in [4.78, 5) is 42.6. The summed E-state index contributed by atoms with van der Waals surface area (Å²) in [7, 11) is 1.57. The number of ether oxygens (including phenoxy) is 1. The monoisotopic (exact) mass is 462 g/mol. The van der Waals surface area contributed by atoms with Gasteiger partial charge in [0.2, 0.25) is 11.8 Å². The van der Waals surface area contributed by atoms with E-state index in [1.54, 1.807) is 29.0 Å². The first-order valence-corrected chi connectivity index (χ1v) is 11.6. The van der Waals surface area contributed by atoms with E-state index in [1.807, 2.05) is 43.3 Å². The Morgan fingerprint density at radius 2 is 1.82 bits per heavy atom. The van der Waals surface area contributed by atoms with Crippen molar-refractivity contribution in [3.63, 3.8) is 0 Å². The lowest BCUT2D eigenvalue weighted by atomic mass is 10.1. The molecule has 0 atom stereocenters. The van der Waals surface area contributed by atoms with Crippen LogP contribution in [-0.2, 0) is 27.4 Å². The summed E-state index contributed by atoms with van der Waals surface area (Å²) in [5.74, 6) is -0.230. The predicted molar refractivity (Wildman–Crippen MR) is 129 cm³/mol. The Morgan fingerprint density at radius 3 is 2.53 bits per heavy atom. The van der Waals surface area contributed by atoms with Crippen LogP contribution in [0.15, 0.2) is 64.0 Å². The number of carbonyl (C=O) groups excluding carboxylic acids is 2. The van der Waals surface area contributed by atoms with Crippen molar-refractivity contribution in [3.8, 4) is 0 Å². The van der Waals surface area contributed by atoms with Crippen molar-refractivity contribution in [1.29, 1.82) is 0 Å². The molecule has 0 bridgehead atoms. The van der Waals surface area contributed by atoms with Crippen molar-refractivity contribution >= 4 is 22.8 Å². The first-order chi connectivity index (χ1) is 16.5. The van der Waals surface area contributed by atoms with Gasteiger partial charge in [0.05, 0.1) is 36.9 Å². The third-order valence-electron chi connectivity index (χ3n) is 6.06. The fourth-order valence-corrected chi connectivity index (χ4v) is 3.96. The van der Waals surface area contributed by atoms with Crippen molar-refractivity contribution in [2.45, 2.75) is 32.9 Å². The second kappa shape index (κ2) is 10.7. The van der Waals surface area contributed by atoms with Crippen LogP contribution in [0.2, 0.25) is 0 Å². The van der Waals surface area contributed by atoms with Gasteiger partial charge in [-0.15, -0.1) is 0 Å². The van der Waals surface area contributed by atoms with Gasteiger partial charge >= 0.3 is 0 Å². The fraction of sp³-hybridized carbons (Fsp3) is 0.370. The first kappa shape index (κ1) is 23.7. The maximum Gasteiger partial charge on any atom is 0.242 e. The van der Waals surface area contributed by atoms with Crippen LogP contribution in [0.1, 0.15) is 29.5 Å². The van der Waals surface area contributed by atoms with E-state index in [-0.39, 0.29) is 36.3 Å². The molecule has 2 amide bonds. The molecule has 4 rings (SSSR count). The van der Waals surface area contributed by atoms with Crippen molar-refractivity contribution in [2.24, 2.45) is 5.92 Å². The van der Waals surface area contributed by atoms with E-state index in [0.29, 0.717) is 36.2 Å². The average molecular weight is 463 g/mol. The quantitative estimate of drug-likeness (QED) is 0.461. The SMILES string of the molecule is COCCN(CC(=O)N(Cc1ccccc1)Cc1coc2ccc(C)cc2c1=O)C(=O)C1CC1. The smallest absolute Gasteiger partial charge is 0.242 e. The van der Waals surface area contributed by atoms with Gasteiger partial charge in [-0.3, -0.25) is 14.4 Å². The highest BCUT2D eigenvalue weighted by Crippen LogP contribution is 2.31. The molecule has 3 aromatic rings. The molecule has 2 aromatic carbocycles. The third-order valence-corrected chi connectivity index (χ3v) is 6.06. The summed E-state index contributed by atoms with van der Waals surface area (Å²) in [6.07, 6.45) is 3.16. The molecular formula is C27H30N2O5. The van der Waals surface area contributed by atoms with E-state index < -0.39 is 0 Å². The number of amides is 2. The molecule has 1 heterocycles. The molecule has 0 spiro atoms. The highest BCUT2D eigenvalue weighted by molar-refractivity contribution is 5.87. The lowest BCUT2D eigenvalue weighted by Gasteiger charge is -2.28. The maximum absolute atomic E-state index is 13.5. The minimum absolute atomic E-state index is 0.00278. The third kappa shape index (κ3) is 5.72. The van der Waals surface area contributed by atoms with Gasteiger partial charge in [-0.2, -0.15) is 0 Å². The summed E-state index contributed by atoms with van der Waals surface area (Å²) in [5, 5.41) is 0.496. The molecule has 0 unspecified atom stereocenters. The summed E-state index contributed by atoms with van der Waals surface area (Å²) >= 11 is 0. The van der Waals surface area contributed by atoms with E-state index in [1.165, 1.54) is 6.26 Å². The van der Waals surface area contributed by atoms with E-state index in [2.05, 4.69) is 0 Å². The number of hydrogen-bond donors (Lipinski definition) is 0. The zero-order chi connectivity index (χ0) is 24.1. The number of methoxy groups -OCH3 is 1. The van der Waals surface area contributed by atoms with Crippen LogP contribution in [0.25, 0.3) is 11.0 Å². The number of nitrogens with zero attached hydrogens (tertiary/aromatic N) is 2. The summed E-state index contributed by atoms with van der Waals surface area (Å²) in [5.41, 5.74) is 2.66. The largest absolute Gasteiger partial charge is 0.464 e. The van der Waals surface area contributed by atoms with Gasteiger partial charge in [-0.05, 0) is 37.5 Å². The zero-order valence-electron chi connectivity index (χ0n) is 19.7. The number of carbonyl (C=O) groups is 2. The normalized spacial score (nSPS) is 13.1. The Balaban J connectivity index is 1.60. The van der Waals surface area contributed by atoms with Crippen molar-refractivity contribution in [3.05, 3.63) is 81.7 Å². The first-order valence-electron chi connectivity index (χ1n) is 11.6. The van der Waals surface area contributed by atoms with Crippen molar-refractivity contribution in [1.82, 2.24) is 9.80 Å². The second-order valence-electron chi connectivity index (χ2n) is 8.85. The molecule has 178 valence electrons. The predicted octanol–water partition coefficient (Wildman–Crippen LogP) is 3.52. The fourth-order valence-electron chi connectivity index (χ4n) is 3.96. The van der Waals surface area contributed by atoms with Crippen LogP contribution in [0, 0.1) is 12.8 Å². The van der Waals surface area contributed by atoms with Crippen molar-refractivity contribution < 1.29 is 18.7 Å². The lowest BCUT2D eigenvalue weighted by molar-refractivity contribution is -0.142. The minimum atomic E-state index is -0.224. The molecule has 7 nitrogen and oxygen atoms in total. The van der Waals surface area contributed by atoms with Crippen LogP contribution in [-0.4, -0.2) is 48.4 Å². The van der Waals surface area contributed by atoms with Crippen LogP contribution in [0.5, 0.6) is 0 Å². The number of hydrogen-bond acceptors (Lipinski definition) is 5. The van der Waals surface area contributed by atoms with Crippen LogP contribution in [0.4, 0.5) is 0 Å². The molecule has 1 aromatic heterocycles. The van der Waals surface area contributed by atoms with E-state index in [9.17, 15) is 14.4 Å². The minimum Gasteiger partial charge on any atom is -0.464 e. The van der Waals surface area contributed by atoms with Crippen molar-refractivity contribution in [2.75, 3.05) is 26.8 Å². The van der Waals surface area contributed by atoms with Crippen LogP contribution >= 0.6 is 0 Å². The molecule has 0 N–H and O–H groups in total. The molecule has 1 saturated carbocycles. The molecule has 1 fully saturated rings. The van der Waals surface area contributed by atoms with E-state index in [4.69, 9.17) is 9.15 Å². The Kier molecular flexibility index (Phi) is 7.43. The van der Waals surface area contributed by atoms with Gasteiger partial charge in [0.25, 0.3) is 0 Å². The molecule has 0 aliphatic heterocycles. The maximum atomic E-state index is 13.5. The Labute approximate surface area is 198 Å². The van der Waals surface area contributed by atoms with E-state index >= 15 is 0 Å². The van der Waals surface area contributed by atoms with Crippen LogP contribution < -0.4 is 5.43 Å². The summed E-state index contributed by atoms with van der Waals surface area (Å²) in [6, 6.07) is 15.1. The number of aryl methyl sites for hydroxylation is 1. The second-order valence-corrected chi connectivity index (χ2v) is 8.85. The van der Waals surface area contributed by atoms with Gasteiger partial charge in [-0.25, -0.2) is 0 Å². The van der Waals surface area contributed by atoms with Gasteiger partial charge in [0.1, 0.15) is 5.58 Å². The average Bonchev–Trinajstić information content (AvgIpc) is 3.69. The van der Waals surface area contributed by atoms with Crippen LogP contribution in [0.3, 0.4) is 0 Å². The van der Waals surface area contributed by atoms with Gasteiger partial charge in [0, 0.05) is 26.1 Å². The molecule has 34 heavy (non-hydrogen) atoms. The van der Waals surface area contributed by atoms with Gasteiger partial charge in [0.15, 0.2) is 5.43 Å². The molecule has 0 radical (unpaired) electrons.